The van der Waals surface area contributed by atoms with E-state index in [1.807, 2.05) is 36.4 Å². The predicted octanol–water partition coefficient (Wildman–Crippen LogP) is 1.49. The average Bonchev–Trinajstić information content (AvgIpc) is 2.98. The third kappa shape index (κ3) is 1.72. The van der Waals surface area contributed by atoms with Crippen LogP contribution in [0.15, 0.2) is 48.6 Å². The molecule has 0 aliphatic carbocycles. The molecule has 0 aromatic heterocycles. The number of anilines is 2. The van der Waals surface area contributed by atoms with Crippen molar-refractivity contribution in [2.75, 3.05) is 22.9 Å². The Morgan fingerprint density at radius 2 is 1.33 bits per heavy atom. The summed E-state index contributed by atoms with van der Waals surface area (Å²) in [6, 6.07) is 7.49. The zero-order chi connectivity index (χ0) is 12.5. The molecular formula is C14H12N2O2. The molecule has 90 valence electrons. The molecule has 0 fully saturated rings. The number of nitrogens with zero attached hydrogens (tertiary/aromatic N) is 2. The van der Waals surface area contributed by atoms with Crippen molar-refractivity contribution in [2.24, 2.45) is 0 Å². The van der Waals surface area contributed by atoms with Gasteiger partial charge in [-0.05, 0) is 18.2 Å². The van der Waals surface area contributed by atoms with Crippen molar-refractivity contribution in [3.05, 3.63) is 48.6 Å². The van der Waals surface area contributed by atoms with Crippen LogP contribution in [0, 0.1) is 0 Å². The van der Waals surface area contributed by atoms with Crippen LogP contribution in [0.2, 0.25) is 0 Å². The van der Waals surface area contributed by atoms with Gasteiger partial charge in [-0.1, -0.05) is 18.2 Å². The van der Waals surface area contributed by atoms with Crippen molar-refractivity contribution in [3.8, 4) is 0 Å². The lowest BCUT2D eigenvalue weighted by Crippen LogP contribution is -2.27. The molecule has 0 saturated heterocycles. The molecule has 1 aromatic carbocycles. The molecule has 0 radical (unpaired) electrons. The number of hydrogen-bond donors (Lipinski definition) is 0. The van der Waals surface area contributed by atoms with E-state index in [2.05, 4.69) is 0 Å². The van der Waals surface area contributed by atoms with E-state index in [9.17, 15) is 9.59 Å². The van der Waals surface area contributed by atoms with E-state index in [0.29, 0.717) is 13.1 Å². The molecule has 3 rings (SSSR count). The molecule has 0 atom stereocenters. The first-order valence-electron chi connectivity index (χ1n) is 5.82. The minimum Gasteiger partial charge on any atom is -0.305 e. The molecule has 18 heavy (non-hydrogen) atoms. The van der Waals surface area contributed by atoms with Gasteiger partial charge < -0.3 is 9.80 Å². The molecule has 2 aliphatic rings. The summed E-state index contributed by atoms with van der Waals surface area (Å²) in [5.41, 5.74) is 1.64. The monoisotopic (exact) mass is 240 g/mol. The van der Waals surface area contributed by atoms with Gasteiger partial charge in [-0.15, -0.1) is 0 Å². The summed E-state index contributed by atoms with van der Waals surface area (Å²) < 4.78 is 0. The predicted molar refractivity (Wildman–Crippen MR) is 69.4 cm³/mol. The Kier molecular flexibility index (Phi) is 2.48. The van der Waals surface area contributed by atoms with E-state index in [0.717, 1.165) is 11.4 Å². The van der Waals surface area contributed by atoms with Crippen molar-refractivity contribution in [1.82, 2.24) is 0 Å². The minimum atomic E-state index is -0.0157. The van der Waals surface area contributed by atoms with Crippen LogP contribution in [0.25, 0.3) is 0 Å². The number of amides is 2. The molecule has 2 amide bonds. The maximum atomic E-state index is 11.6. The molecule has 0 N–H and O–H groups in total. The Morgan fingerprint density at radius 3 is 1.72 bits per heavy atom. The Morgan fingerprint density at radius 1 is 0.833 bits per heavy atom. The summed E-state index contributed by atoms with van der Waals surface area (Å²) in [4.78, 5) is 26.6. The van der Waals surface area contributed by atoms with E-state index in [1.54, 1.807) is 22.0 Å². The van der Waals surface area contributed by atoms with Crippen molar-refractivity contribution in [3.63, 3.8) is 0 Å². The molecule has 0 saturated carbocycles. The fourth-order valence-electron chi connectivity index (χ4n) is 2.17. The highest BCUT2D eigenvalue weighted by Gasteiger charge is 2.20. The van der Waals surface area contributed by atoms with Crippen LogP contribution in [0.5, 0.6) is 0 Å². The molecule has 2 heterocycles. The standard InChI is InChI=1S/C14H12N2O2/c17-13-6-2-8-15(13)11-4-1-5-12(10-11)16-9-3-7-14(16)18/h1-7,10H,8-9H2. The lowest BCUT2D eigenvalue weighted by molar-refractivity contribution is -0.114. The molecular weight excluding hydrogens is 228 g/mol. The summed E-state index contributed by atoms with van der Waals surface area (Å²) in [5, 5.41) is 0. The quantitative estimate of drug-likeness (QED) is 0.785. The normalized spacial score (nSPS) is 18.2. The third-order valence-electron chi connectivity index (χ3n) is 3.08. The van der Waals surface area contributed by atoms with Gasteiger partial charge in [0.15, 0.2) is 0 Å². The van der Waals surface area contributed by atoms with Gasteiger partial charge in [-0.25, -0.2) is 0 Å². The molecule has 1 aromatic rings. The fraction of sp³-hybridized carbons (Fsp3) is 0.143. The molecule has 0 unspecified atom stereocenters. The Hall–Kier alpha value is -2.36. The van der Waals surface area contributed by atoms with Crippen molar-refractivity contribution >= 4 is 23.2 Å². The first kappa shape index (κ1) is 10.8. The van der Waals surface area contributed by atoms with Crippen LogP contribution in [0.4, 0.5) is 11.4 Å². The van der Waals surface area contributed by atoms with E-state index in [4.69, 9.17) is 0 Å². The Labute approximate surface area is 105 Å². The topological polar surface area (TPSA) is 40.6 Å². The van der Waals surface area contributed by atoms with Gasteiger partial charge in [-0.2, -0.15) is 0 Å². The van der Waals surface area contributed by atoms with Gasteiger partial charge in [0, 0.05) is 36.6 Å². The highest BCUT2D eigenvalue weighted by molar-refractivity contribution is 6.06. The second-order valence-corrected chi connectivity index (χ2v) is 4.22. The maximum Gasteiger partial charge on any atom is 0.251 e. The molecule has 0 bridgehead atoms. The van der Waals surface area contributed by atoms with Crippen LogP contribution in [0.1, 0.15) is 0 Å². The van der Waals surface area contributed by atoms with Crippen LogP contribution in [-0.4, -0.2) is 24.9 Å². The Balaban J connectivity index is 1.90. The van der Waals surface area contributed by atoms with Crippen LogP contribution < -0.4 is 9.80 Å². The lowest BCUT2D eigenvalue weighted by Gasteiger charge is -2.20. The number of rotatable bonds is 2. The second kappa shape index (κ2) is 4.14. The van der Waals surface area contributed by atoms with Crippen LogP contribution >= 0.6 is 0 Å². The van der Waals surface area contributed by atoms with Crippen molar-refractivity contribution in [2.45, 2.75) is 0 Å². The summed E-state index contributed by atoms with van der Waals surface area (Å²) >= 11 is 0. The highest BCUT2D eigenvalue weighted by Crippen LogP contribution is 2.25. The second-order valence-electron chi connectivity index (χ2n) is 4.22. The third-order valence-corrected chi connectivity index (χ3v) is 3.08. The van der Waals surface area contributed by atoms with Crippen LogP contribution in [-0.2, 0) is 9.59 Å². The number of carbonyl (C=O) groups excluding carboxylic acids is 2. The van der Waals surface area contributed by atoms with Gasteiger partial charge in [0.05, 0.1) is 0 Å². The largest absolute Gasteiger partial charge is 0.305 e. The first-order valence-corrected chi connectivity index (χ1v) is 5.82. The van der Waals surface area contributed by atoms with Crippen molar-refractivity contribution in [1.29, 1.82) is 0 Å². The molecule has 4 nitrogen and oxygen atoms in total. The van der Waals surface area contributed by atoms with Gasteiger partial charge in [0.1, 0.15) is 0 Å². The molecule has 4 heteroatoms. The summed E-state index contributed by atoms with van der Waals surface area (Å²) in [5.74, 6) is -0.0314. The van der Waals surface area contributed by atoms with E-state index < -0.39 is 0 Å². The zero-order valence-electron chi connectivity index (χ0n) is 9.74. The van der Waals surface area contributed by atoms with Crippen molar-refractivity contribution < 1.29 is 9.59 Å². The lowest BCUT2D eigenvalue weighted by atomic mass is 10.2. The van der Waals surface area contributed by atoms with Gasteiger partial charge in [0.2, 0.25) is 0 Å². The zero-order valence-corrected chi connectivity index (χ0v) is 9.74. The number of carbonyl (C=O) groups is 2. The van der Waals surface area contributed by atoms with Gasteiger partial charge in [-0.3, -0.25) is 9.59 Å². The molecule has 0 spiro atoms. The van der Waals surface area contributed by atoms with Crippen LogP contribution in [0.3, 0.4) is 0 Å². The highest BCUT2D eigenvalue weighted by atomic mass is 16.2. The van der Waals surface area contributed by atoms with Gasteiger partial charge in [0.25, 0.3) is 11.8 Å². The fourth-order valence-corrected chi connectivity index (χ4v) is 2.17. The Bertz CT molecular complexity index is 528. The summed E-state index contributed by atoms with van der Waals surface area (Å²) in [7, 11) is 0. The van der Waals surface area contributed by atoms with E-state index in [-0.39, 0.29) is 11.8 Å². The molecule has 2 aliphatic heterocycles. The van der Waals surface area contributed by atoms with Gasteiger partial charge >= 0.3 is 0 Å². The minimum absolute atomic E-state index is 0.0157. The SMILES string of the molecule is O=C1C=CCN1c1cccc(N2CC=CC2=O)c1. The van der Waals surface area contributed by atoms with E-state index >= 15 is 0 Å². The summed E-state index contributed by atoms with van der Waals surface area (Å²) in [6.07, 6.45) is 6.79. The summed E-state index contributed by atoms with van der Waals surface area (Å²) in [6.45, 7) is 1.18. The smallest absolute Gasteiger partial charge is 0.251 e. The average molecular weight is 240 g/mol. The number of benzene rings is 1. The number of hydrogen-bond acceptors (Lipinski definition) is 2. The van der Waals surface area contributed by atoms with E-state index in [1.165, 1.54) is 0 Å². The first-order chi connectivity index (χ1) is 8.75. The maximum absolute atomic E-state index is 11.6.